The van der Waals surface area contributed by atoms with Crippen LogP contribution < -0.4 is 10.1 Å². The molecule has 0 radical (unpaired) electrons. The minimum Gasteiger partial charge on any atom is -0.493 e. The molecule has 2 rings (SSSR count). The third-order valence-corrected chi connectivity index (χ3v) is 3.92. The number of ether oxygens (including phenoxy) is 1. The topological polar surface area (TPSA) is 21.3 Å². The lowest BCUT2D eigenvalue weighted by molar-refractivity contribution is 0.301. The zero-order valence-corrected chi connectivity index (χ0v) is 12.9. The number of unbranched alkanes of at least 4 members (excludes halogenated alkanes) is 4. The first-order valence-electron chi connectivity index (χ1n) is 8.31. The Labute approximate surface area is 123 Å². The minimum atomic E-state index is 0.851. The SMILES string of the molecule is CCCCCCCOc1ccccc1CNCC1CC1. The highest BCUT2D eigenvalue weighted by molar-refractivity contribution is 5.33. The Morgan fingerprint density at radius 3 is 2.70 bits per heavy atom. The second-order valence-electron chi connectivity index (χ2n) is 5.94. The summed E-state index contributed by atoms with van der Waals surface area (Å²) in [6.45, 7) is 5.19. The molecule has 1 saturated carbocycles. The molecule has 1 aliphatic carbocycles. The van der Waals surface area contributed by atoms with Crippen LogP contribution in [0.2, 0.25) is 0 Å². The van der Waals surface area contributed by atoms with Crippen molar-refractivity contribution in [1.82, 2.24) is 5.32 Å². The number of hydrogen-bond donors (Lipinski definition) is 1. The zero-order valence-electron chi connectivity index (χ0n) is 12.9. The van der Waals surface area contributed by atoms with Gasteiger partial charge in [-0.15, -0.1) is 0 Å². The van der Waals surface area contributed by atoms with Crippen LogP contribution in [0.3, 0.4) is 0 Å². The van der Waals surface area contributed by atoms with Crippen molar-refractivity contribution in [2.24, 2.45) is 5.92 Å². The molecule has 0 heterocycles. The van der Waals surface area contributed by atoms with Gasteiger partial charge >= 0.3 is 0 Å². The van der Waals surface area contributed by atoms with E-state index in [2.05, 4.69) is 36.5 Å². The lowest BCUT2D eigenvalue weighted by atomic mass is 10.1. The fourth-order valence-electron chi connectivity index (χ4n) is 2.41. The number of hydrogen-bond acceptors (Lipinski definition) is 2. The molecule has 1 aromatic rings. The molecule has 0 spiro atoms. The third kappa shape index (κ3) is 5.96. The molecular formula is C18H29NO. The lowest BCUT2D eigenvalue weighted by Crippen LogP contribution is -2.16. The van der Waals surface area contributed by atoms with Crippen LogP contribution in [0.15, 0.2) is 24.3 Å². The first kappa shape index (κ1) is 15.4. The summed E-state index contributed by atoms with van der Waals surface area (Å²) >= 11 is 0. The normalized spacial score (nSPS) is 14.4. The molecule has 1 fully saturated rings. The van der Waals surface area contributed by atoms with Gasteiger partial charge in [-0.2, -0.15) is 0 Å². The molecule has 0 aliphatic heterocycles. The highest BCUT2D eigenvalue weighted by Gasteiger charge is 2.20. The maximum Gasteiger partial charge on any atom is 0.123 e. The number of benzene rings is 1. The quantitative estimate of drug-likeness (QED) is 0.599. The van der Waals surface area contributed by atoms with Crippen molar-refractivity contribution in [3.63, 3.8) is 0 Å². The minimum absolute atomic E-state index is 0.851. The van der Waals surface area contributed by atoms with Gasteiger partial charge in [0.2, 0.25) is 0 Å². The van der Waals surface area contributed by atoms with Crippen LogP contribution in [0.1, 0.15) is 57.4 Å². The predicted molar refractivity (Wildman–Crippen MR) is 85.1 cm³/mol. The van der Waals surface area contributed by atoms with E-state index >= 15 is 0 Å². The van der Waals surface area contributed by atoms with Gasteiger partial charge in [-0.3, -0.25) is 0 Å². The maximum absolute atomic E-state index is 5.95. The summed E-state index contributed by atoms with van der Waals surface area (Å²) in [6.07, 6.45) is 9.26. The van der Waals surface area contributed by atoms with E-state index in [9.17, 15) is 0 Å². The van der Waals surface area contributed by atoms with E-state index in [-0.39, 0.29) is 0 Å². The first-order chi connectivity index (χ1) is 9.90. The fraction of sp³-hybridized carbons (Fsp3) is 0.667. The van der Waals surface area contributed by atoms with Crippen LogP contribution in [-0.2, 0) is 6.54 Å². The molecule has 0 unspecified atom stereocenters. The first-order valence-corrected chi connectivity index (χ1v) is 8.31. The largest absolute Gasteiger partial charge is 0.493 e. The van der Waals surface area contributed by atoms with E-state index in [1.54, 1.807) is 0 Å². The Morgan fingerprint density at radius 2 is 1.90 bits per heavy atom. The van der Waals surface area contributed by atoms with Gasteiger partial charge in [-0.05, 0) is 37.8 Å². The van der Waals surface area contributed by atoms with Crippen molar-refractivity contribution in [3.8, 4) is 5.75 Å². The Kier molecular flexibility index (Phi) is 6.93. The Morgan fingerprint density at radius 1 is 1.10 bits per heavy atom. The smallest absolute Gasteiger partial charge is 0.123 e. The van der Waals surface area contributed by atoms with Crippen molar-refractivity contribution < 1.29 is 4.74 Å². The van der Waals surface area contributed by atoms with Crippen LogP contribution in [0.25, 0.3) is 0 Å². The second-order valence-corrected chi connectivity index (χ2v) is 5.94. The Bertz CT molecular complexity index is 373. The molecule has 2 nitrogen and oxygen atoms in total. The Hall–Kier alpha value is -1.02. The van der Waals surface area contributed by atoms with Crippen molar-refractivity contribution in [1.29, 1.82) is 0 Å². The molecule has 0 amide bonds. The van der Waals surface area contributed by atoms with E-state index in [1.165, 1.54) is 50.5 Å². The molecule has 0 atom stereocenters. The summed E-state index contributed by atoms with van der Waals surface area (Å²) in [6, 6.07) is 8.44. The van der Waals surface area contributed by atoms with Gasteiger partial charge in [-0.1, -0.05) is 50.8 Å². The molecule has 0 bridgehead atoms. The predicted octanol–water partition coefficient (Wildman–Crippen LogP) is 4.54. The van der Waals surface area contributed by atoms with Gasteiger partial charge in [0.1, 0.15) is 5.75 Å². The lowest BCUT2D eigenvalue weighted by Gasteiger charge is -2.12. The van der Waals surface area contributed by atoms with Crippen LogP contribution >= 0.6 is 0 Å². The number of para-hydroxylation sites is 1. The molecule has 1 N–H and O–H groups in total. The van der Waals surface area contributed by atoms with Crippen LogP contribution in [0, 0.1) is 5.92 Å². The molecule has 0 saturated heterocycles. The summed E-state index contributed by atoms with van der Waals surface area (Å²) in [5, 5.41) is 3.54. The zero-order chi connectivity index (χ0) is 14.0. The molecule has 2 heteroatoms. The van der Waals surface area contributed by atoms with Crippen LogP contribution in [0.5, 0.6) is 5.75 Å². The van der Waals surface area contributed by atoms with Crippen molar-refractivity contribution in [2.45, 2.75) is 58.4 Å². The average Bonchev–Trinajstić information content (AvgIpc) is 3.28. The number of nitrogens with one attached hydrogen (secondary N) is 1. The highest BCUT2D eigenvalue weighted by Crippen LogP contribution is 2.28. The highest BCUT2D eigenvalue weighted by atomic mass is 16.5. The van der Waals surface area contributed by atoms with Crippen LogP contribution in [0.4, 0.5) is 0 Å². The molecule has 112 valence electrons. The van der Waals surface area contributed by atoms with Crippen molar-refractivity contribution in [2.75, 3.05) is 13.2 Å². The fourth-order valence-corrected chi connectivity index (χ4v) is 2.41. The summed E-state index contributed by atoms with van der Waals surface area (Å²) in [4.78, 5) is 0. The van der Waals surface area contributed by atoms with Gasteiger partial charge in [-0.25, -0.2) is 0 Å². The van der Waals surface area contributed by atoms with Gasteiger partial charge in [0.15, 0.2) is 0 Å². The summed E-state index contributed by atoms with van der Waals surface area (Å²) in [7, 11) is 0. The third-order valence-electron chi connectivity index (χ3n) is 3.92. The molecule has 0 aromatic heterocycles. The maximum atomic E-state index is 5.95. The molecule has 20 heavy (non-hydrogen) atoms. The van der Waals surface area contributed by atoms with E-state index in [1.807, 2.05) is 0 Å². The van der Waals surface area contributed by atoms with Gasteiger partial charge < -0.3 is 10.1 Å². The molecule has 1 aromatic carbocycles. The Balaban J connectivity index is 1.66. The molecule has 1 aliphatic rings. The average molecular weight is 275 g/mol. The number of rotatable bonds is 11. The van der Waals surface area contributed by atoms with Gasteiger partial charge in [0.25, 0.3) is 0 Å². The van der Waals surface area contributed by atoms with E-state index in [4.69, 9.17) is 4.74 Å². The van der Waals surface area contributed by atoms with E-state index in [0.29, 0.717) is 0 Å². The standard InChI is InChI=1S/C18H29NO/c1-2-3-4-5-8-13-20-18-10-7-6-9-17(18)15-19-14-16-11-12-16/h6-7,9-10,16,19H,2-5,8,11-15H2,1H3. The van der Waals surface area contributed by atoms with E-state index in [0.717, 1.165) is 31.4 Å². The van der Waals surface area contributed by atoms with E-state index < -0.39 is 0 Å². The second kappa shape index (κ2) is 9.02. The summed E-state index contributed by atoms with van der Waals surface area (Å²) < 4.78 is 5.95. The van der Waals surface area contributed by atoms with Crippen LogP contribution in [-0.4, -0.2) is 13.2 Å². The monoisotopic (exact) mass is 275 g/mol. The van der Waals surface area contributed by atoms with Crippen molar-refractivity contribution >= 4 is 0 Å². The summed E-state index contributed by atoms with van der Waals surface area (Å²) in [5.41, 5.74) is 1.29. The van der Waals surface area contributed by atoms with Gasteiger partial charge in [0.05, 0.1) is 6.61 Å². The molecular weight excluding hydrogens is 246 g/mol. The summed E-state index contributed by atoms with van der Waals surface area (Å²) in [5.74, 6) is 1.99. The van der Waals surface area contributed by atoms with Crippen molar-refractivity contribution in [3.05, 3.63) is 29.8 Å². The van der Waals surface area contributed by atoms with Gasteiger partial charge in [0, 0.05) is 12.1 Å².